The van der Waals surface area contributed by atoms with Crippen LogP contribution in [0.5, 0.6) is 0 Å². The molecule has 1 aliphatic carbocycles. The number of hydrogen-bond donors (Lipinski definition) is 3. The van der Waals surface area contributed by atoms with Crippen molar-refractivity contribution < 1.29 is 10.2 Å². The maximum atomic E-state index is 12.4. The molecular formula is C13H20ClN3O3. The van der Waals surface area contributed by atoms with Crippen molar-refractivity contribution in [1.82, 2.24) is 9.78 Å². The smallest absolute Gasteiger partial charge is 0.291 e. The van der Waals surface area contributed by atoms with E-state index >= 15 is 0 Å². The van der Waals surface area contributed by atoms with E-state index in [1.54, 1.807) is 6.92 Å². The molecule has 0 radical (unpaired) electrons. The van der Waals surface area contributed by atoms with Crippen molar-refractivity contribution in [1.29, 1.82) is 0 Å². The van der Waals surface area contributed by atoms with Gasteiger partial charge < -0.3 is 15.5 Å². The summed E-state index contributed by atoms with van der Waals surface area (Å²) in [6.45, 7) is 1.56. The molecule has 1 aliphatic rings. The first-order valence-corrected chi connectivity index (χ1v) is 7.12. The van der Waals surface area contributed by atoms with Gasteiger partial charge in [-0.1, -0.05) is 18.0 Å². The molecule has 1 fully saturated rings. The molecule has 20 heavy (non-hydrogen) atoms. The first-order valence-electron chi connectivity index (χ1n) is 6.74. The third-order valence-corrected chi connectivity index (χ3v) is 4.06. The first-order chi connectivity index (χ1) is 9.49. The Hall–Kier alpha value is -1.11. The molecule has 0 unspecified atom stereocenters. The Balaban J connectivity index is 2.27. The Morgan fingerprint density at radius 1 is 1.50 bits per heavy atom. The third kappa shape index (κ3) is 3.13. The number of hydrogen-bond acceptors (Lipinski definition) is 5. The molecule has 0 bridgehead atoms. The summed E-state index contributed by atoms with van der Waals surface area (Å²) in [6, 6.07) is 0. The van der Waals surface area contributed by atoms with E-state index in [0.29, 0.717) is 12.5 Å². The molecule has 1 saturated carbocycles. The van der Waals surface area contributed by atoms with Crippen LogP contribution in [0.1, 0.15) is 26.2 Å². The Morgan fingerprint density at radius 2 is 2.15 bits per heavy atom. The number of rotatable bonds is 6. The molecule has 0 saturated heterocycles. The topological polar surface area (TPSA) is 87.4 Å². The van der Waals surface area contributed by atoms with Gasteiger partial charge in [0.15, 0.2) is 0 Å². The van der Waals surface area contributed by atoms with Gasteiger partial charge >= 0.3 is 0 Å². The average molecular weight is 302 g/mol. The minimum Gasteiger partial charge on any atom is -0.394 e. The van der Waals surface area contributed by atoms with Gasteiger partial charge in [-0.3, -0.25) is 4.79 Å². The van der Waals surface area contributed by atoms with Crippen LogP contribution in [0.15, 0.2) is 11.0 Å². The van der Waals surface area contributed by atoms with E-state index in [0.717, 1.165) is 12.8 Å². The molecule has 0 atom stereocenters. The van der Waals surface area contributed by atoms with Crippen LogP contribution < -0.4 is 10.9 Å². The largest absolute Gasteiger partial charge is 0.394 e. The molecule has 6 nitrogen and oxygen atoms in total. The lowest BCUT2D eigenvalue weighted by Crippen LogP contribution is -2.45. The lowest BCUT2D eigenvalue weighted by molar-refractivity contribution is 0.147. The van der Waals surface area contributed by atoms with Crippen molar-refractivity contribution in [3.8, 4) is 0 Å². The monoisotopic (exact) mass is 301 g/mol. The summed E-state index contributed by atoms with van der Waals surface area (Å²) in [4.78, 5) is 12.4. The summed E-state index contributed by atoms with van der Waals surface area (Å²) >= 11 is 6.00. The molecular weight excluding hydrogens is 282 g/mol. The van der Waals surface area contributed by atoms with E-state index in [-0.39, 0.29) is 29.5 Å². The molecule has 112 valence electrons. The second kappa shape index (κ2) is 6.11. The van der Waals surface area contributed by atoms with Crippen LogP contribution in [0.4, 0.5) is 5.69 Å². The van der Waals surface area contributed by atoms with Gasteiger partial charge in [0.2, 0.25) is 0 Å². The van der Waals surface area contributed by atoms with Crippen LogP contribution in [-0.4, -0.2) is 38.7 Å². The van der Waals surface area contributed by atoms with Crippen molar-refractivity contribution in [2.75, 3.05) is 18.5 Å². The van der Waals surface area contributed by atoms with E-state index in [1.807, 2.05) is 0 Å². The Labute approximate surface area is 122 Å². The van der Waals surface area contributed by atoms with E-state index in [1.165, 1.54) is 17.3 Å². The van der Waals surface area contributed by atoms with Gasteiger partial charge in [-0.05, 0) is 25.7 Å². The summed E-state index contributed by atoms with van der Waals surface area (Å²) in [7, 11) is 0. The number of halogens is 1. The zero-order valence-electron chi connectivity index (χ0n) is 11.5. The standard InChI is InChI=1S/C13H20ClN3O3/c1-13(7-18,8-19)16-11-10(14)5-15-17(12(11)20)6-9-3-2-4-9/h5,9,16,18-19H,2-4,6-8H2,1H3. The Morgan fingerprint density at radius 3 is 2.65 bits per heavy atom. The van der Waals surface area contributed by atoms with Gasteiger partial charge in [0.1, 0.15) is 5.69 Å². The third-order valence-electron chi connectivity index (χ3n) is 3.78. The van der Waals surface area contributed by atoms with Crippen LogP contribution in [-0.2, 0) is 6.54 Å². The molecule has 7 heteroatoms. The van der Waals surface area contributed by atoms with E-state index < -0.39 is 5.54 Å². The molecule has 1 aromatic heterocycles. The number of nitrogens with one attached hydrogen (secondary N) is 1. The maximum Gasteiger partial charge on any atom is 0.291 e. The predicted molar refractivity (Wildman–Crippen MR) is 77.0 cm³/mol. The van der Waals surface area contributed by atoms with Gasteiger partial charge in [-0.2, -0.15) is 5.10 Å². The fraction of sp³-hybridized carbons (Fsp3) is 0.692. The predicted octanol–water partition coefficient (Wildman–Crippen LogP) is 0.852. The van der Waals surface area contributed by atoms with Gasteiger partial charge in [0, 0.05) is 6.54 Å². The molecule has 0 spiro atoms. The minimum absolute atomic E-state index is 0.173. The van der Waals surface area contributed by atoms with Crippen molar-refractivity contribution in [2.45, 2.75) is 38.3 Å². The van der Waals surface area contributed by atoms with Crippen molar-refractivity contribution in [3.05, 3.63) is 21.6 Å². The molecule has 0 amide bonds. The lowest BCUT2D eigenvalue weighted by Gasteiger charge is -2.28. The highest BCUT2D eigenvalue weighted by Gasteiger charge is 2.26. The second-order valence-corrected chi connectivity index (χ2v) is 6.06. The summed E-state index contributed by atoms with van der Waals surface area (Å²) in [5, 5.41) is 25.7. The van der Waals surface area contributed by atoms with Gasteiger partial charge in [-0.25, -0.2) is 4.68 Å². The van der Waals surface area contributed by atoms with Crippen LogP contribution in [0.2, 0.25) is 5.02 Å². The quantitative estimate of drug-likeness (QED) is 0.725. The van der Waals surface area contributed by atoms with Crippen molar-refractivity contribution in [3.63, 3.8) is 0 Å². The second-order valence-electron chi connectivity index (χ2n) is 5.65. The normalized spacial score (nSPS) is 16.0. The van der Waals surface area contributed by atoms with Crippen molar-refractivity contribution in [2.24, 2.45) is 5.92 Å². The number of anilines is 1. The first kappa shape index (κ1) is 15.3. The minimum atomic E-state index is -1.00. The zero-order chi connectivity index (χ0) is 14.8. The maximum absolute atomic E-state index is 12.4. The summed E-state index contributed by atoms with van der Waals surface area (Å²) in [6.07, 6.45) is 4.85. The van der Waals surface area contributed by atoms with Crippen LogP contribution in [0.3, 0.4) is 0 Å². The highest BCUT2D eigenvalue weighted by molar-refractivity contribution is 6.33. The number of aromatic nitrogens is 2. The average Bonchev–Trinajstić information content (AvgIpc) is 2.40. The lowest BCUT2D eigenvalue weighted by atomic mass is 9.85. The van der Waals surface area contributed by atoms with Gasteiger partial charge in [-0.15, -0.1) is 0 Å². The number of nitrogens with zero attached hydrogens (tertiary/aromatic N) is 2. The summed E-state index contributed by atoms with van der Waals surface area (Å²) in [5.41, 5.74) is -1.15. The summed E-state index contributed by atoms with van der Waals surface area (Å²) in [5.74, 6) is 0.497. The molecule has 3 N–H and O–H groups in total. The van der Waals surface area contributed by atoms with Crippen LogP contribution in [0.25, 0.3) is 0 Å². The molecule has 1 heterocycles. The van der Waals surface area contributed by atoms with Crippen LogP contribution in [0, 0.1) is 5.92 Å². The molecule has 0 aromatic carbocycles. The van der Waals surface area contributed by atoms with Gasteiger partial charge in [0.05, 0.1) is 30.0 Å². The molecule has 1 aromatic rings. The Kier molecular flexibility index (Phi) is 4.67. The number of aliphatic hydroxyl groups is 2. The Bertz CT molecular complexity index is 524. The van der Waals surface area contributed by atoms with E-state index in [2.05, 4.69) is 10.4 Å². The van der Waals surface area contributed by atoms with E-state index in [4.69, 9.17) is 11.6 Å². The van der Waals surface area contributed by atoms with Crippen molar-refractivity contribution >= 4 is 17.3 Å². The van der Waals surface area contributed by atoms with Crippen LogP contribution >= 0.6 is 11.6 Å². The number of aliphatic hydroxyl groups excluding tert-OH is 2. The fourth-order valence-corrected chi connectivity index (χ4v) is 2.23. The SMILES string of the molecule is CC(CO)(CO)Nc1c(Cl)cnn(CC2CCC2)c1=O. The zero-order valence-corrected chi connectivity index (χ0v) is 12.2. The fourth-order valence-electron chi connectivity index (χ4n) is 2.06. The van der Waals surface area contributed by atoms with E-state index in [9.17, 15) is 15.0 Å². The highest BCUT2D eigenvalue weighted by Crippen LogP contribution is 2.27. The molecule has 0 aliphatic heterocycles. The van der Waals surface area contributed by atoms with Gasteiger partial charge in [0.25, 0.3) is 5.56 Å². The highest BCUT2D eigenvalue weighted by atomic mass is 35.5. The molecule has 2 rings (SSSR count). The summed E-state index contributed by atoms with van der Waals surface area (Å²) < 4.78 is 1.40.